The van der Waals surface area contributed by atoms with Crippen molar-refractivity contribution in [1.82, 2.24) is 20.0 Å². The third-order valence-corrected chi connectivity index (χ3v) is 5.99. The lowest BCUT2D eigenvalue weighted by molar-refractivity contribution is 0.0745. The van der Waals surface area contributed by atoms with Crippen molar-refractivity contribution in [3.63, 3.8) is 0 Å². The van der Waals surface area contributed by atoms with Crippen molar-refractivity contribution in [2.24, 2.45) is 0 Å². The van der Waals surface area contributed by atoms with Crippen molar-refractivity contribution >= 4 is 17.5 Å². The highest BCUT2D eigenvalue weighted by molar-refractivity contribution is 6.33. The lowest BCUT2D eigenvalue weighted by Gasteiger charge is -2.26. The van der Waals surface area contributed by atoms with Gasteiger partial charge < -0.3 is 4.57 Å². The number of hydrogen-bond acceptors (Lipinski definition) is 3. The molecule has 1 aliphatic carbocycles. The van der Waals surface area contributed by atoms with Crippen LogP contribution in [0.2, 0.25) is 5.02 Å². The number of piperidine rings is 1. The second kappa shape index (κ2) is 8.44. The number of benzene rings is 1. The van der Waals surface area contributed by atoms with Gasteiger partial charge in [0.15, 0.2) is 0 Å². The number of imidazole rings is 1. The predicted molar refractivity (Wildman–Crippen MR) is 108 cm³/mol. The number of halogens is 1. The molecule has 0 spiro atoms. The Morgan fingerprint density at radius 3 is 2.48 bits per heavy atom. The molecule has 0 unspecified atom stereocenters. The summed E-state index contributed by atoms with van der Waals surface area (Å²) in [6.45, 7) is 1.82. The molecule has 1 aromatic heterocycles. The van der Waals surface area contributed by atoms with Crippen LogP contribution in [0, 0.1) is 0 Å². The standard InChI is InChI=1S/C21H27ClN4O/c22-18-12-6-5-11-17(18)20-23-19(15-26(20)16-9-3-1-4-10-16)21(27)24-25-13-7-2-8-14-25/h5-6,11-12,15-16H,1-4,7-10,13-14H2,(H,24,27). The van der Waals surface area contributed by atoms with E-state index in [-0.39, 0.29) is 5.91 Å². The minimum absolute atomic E-state index is 0.125. The summed E-state index contributed by atoms with van der Waals surface area (Å²) >= 11 is 6.45. The van der Waals surface area contributed by atoms with Crippen molar-refractivity contribution in [2.75, 3.05) is 13.1 Å². The Bertz CT molecular complexity index is 791. The molecule has 1 saturated carbocycles. The largest absolute Gasteiger partial charge is 0.327 e. The molecule has 0 radical (unpaired) electrons. The van der Waals surface area contributed by atoms with Gasteiger partial charge in [-0.15, -0.1) is 0 Å². The zero-order chi connectivity index (χ0) is 18.6. The first-order valence-electron chi connectivity index (χ1n) is 10.1. The van der Waals surface area contributed by atoms with Gasteiger partial charge >= 0.3 is 0 Å². The monoisotopic (exact) mass is 386 g/mol. The van der Waals surface area contributed by atoms with Crippen LogP contribution in [0.5, 0.6) is 0 Å². The van der Waals surface area contributed by atoms with Crippen molar-refractivity contribution in [1.29, 1.82) is 0 Å². The van der Waals surface area contributed by atoms with Crippen LogP contribution in [0.3, 0.4) is 0 Å². The van der Waals surface area contributed by atoms with Crippen LogP contribution in [-0.2, 0) is 0 Å². The van der Waals surface area contributed by atoms with E-state index in [1.807, 2.05) is 35.5 Å². The van der Waals surface area contributed by atoms with Crippen LogP contribution in [0.1, 0.15) is 67.9 Å². The molecule has 1 saturated heterocycles. The molecule has 4 rings (SSSR count). The maximum atomic E-state index is 12.8. The average molecular weight is 387 g/mol. The number of hydrazine groups is 1. The van der Waals surface area contributed by atoms with Gasteiger partial charge in [0, 0.05) is 30.9 Å². The van der Waals surface area contributed by atoms with E-state index in [9.17, 15) is 4.79 Å². The van der Waals surface area contributed by atoms with Crippen molar-refractivity contribution in [3.05, 3.63) is 41.2 Å². The van der Waals surface area contributed by atoms with Crippen molar-refractivity contribution < 1.29 is 4.79 Å². The molecule has 1 N–H and O–H groups in total. The Kier molecular flexibility index (Phi) is 5.79. The van der Waals surface area contributed by atoms with Gasteiger partial charge in [0.05, 0.1) is 5.02 Å². The Labute approximate surface area is 165 Å². The van der Waals surface area contributed by atoms with E-state index < -0.39 is 0 Å². The Balaban J connectivity index is 1.64. The maximum Gasteiger partial charge on any atom is 0.285 e. The van der Waals surface area contributed by atoms with Crippen LogP contribution in [0.4, 0.5) is 0 Å². The average Bonchev–Trinajstić information content (AvgIpc) is 3.15. The first kappa shape index (κ1) is 18.5. The molecule has 1 aliphatic heterocycles. The van der Waals surface area contributed by atoms with Gasteiger partial charge in [0.25, 0.3) is 5.91 Å². The molecule has 27 heavy (non-hydrogen) atoms. The summed E-state index contributed by atoms with van der Waals surface area (Å²) in [7, 11) is 0. The molecule has 2 aliphatic rings. The lowest BCUT2D eigenvalue weighted by Crippen LogP contribution is -2.45. The number of carbonyl (C=O) groups is 1. The number of nitrogens with zero attached hydrogens (tertiary/aromatic N) is 3. The Morgan fingerprint density at radius 2 is 1.74 bits per heavy atom. The highest BCUT2D eigenvalue weighted by atomic mass is 35.5. The first-order chi connectivity index (χ1) is 13.2. The molecular weight excluding hydrogens is 360 g/mol. The van der Waals surface area contributed by atoms with Crippen LogP contribution in [0.25, 0.3) is 11.4 Å². The van der Waals surface area contributed by atoms with Gasteiger partial charge in [0.2, 0.25) is 0 Å². The van der Waals surface area contributed by atoms with E-state index in [2.05, 4.69) is 9.99 Å². The minimum Gasteiger partial charge on any atom is -0.327 e. The third-order valence-electron chi connectivity index (χ3n) is 5.66. The quantitative estimate of drug-likeness (QED) is 0.817. The molecule has 0 atom stereocenters. The van der Waals surface area contributed by atoms with Gasteiger partial charge in [-0.05, 0) is 37.8 Å². The van der Waals surface area contributed by atoms with Gasteiger partial charge in [-0.1, -0.05) is 49.4 Å². The second-order valence-corrected chi connectivity index (χ2v) is 8.02. The fraction of sp³-hybridized carbons (Fsp3) is 0.524. The summed E-state index contributed by atoms with van der Waals surface area (Å²) in [6, 6.07) is 8.13. The van der Waals surface area contributed by atoms with Gasteiger partial charge in [-0.3, -0.25) is 10.2 Å². The first-order valence-corrected chi connectivity index (χ1v) is 10.5. The zero-order valence-corrected chi connectivity index (χ0v) is 16.4. The van der Waals surface area contributed by atoms with Crippen molar-refractivity contribution in [3.8, 4) is 11.4 Å². The maximum absolute atomic E-state index is 12.8. The summed E-state index contributed by atoms with van der Waals surface area (Å²) in [4.78, 5) is 17.5. The predicted octanol–water partition coefficient (Wildman–Crippen LogP) is 4.84. The Hall–Kier alpha value is -1.85. The van der Waals surface area contributed by atoms with E-state index in [0.29, 0.717) is 16.8 Å². The lowest BCUT2D eigenvalue weighted by atomic mass is 9.95. The fourth-order valence-electron chi connectivity index (χ4n) is 4.19. The molecule has 144 valence electrons. The van der Waals surface area contributed by atoms with Crippen LogP contribution >= 0.6 is 11.6 Å². The Morgan fingerprint density at radius 1 is 1.04 bits per heavy atom. The van der Waals surface area contributed by atoms with E-state index in [4.69, 9.17) is 16.6 Å². The van der Waals surface area contributed by atoms with Crippen LogP contribution < -0.4 is 5.43 Å². The highest BCUT2D eigenvalue weighted by Gasteiger charge is 2.24. The number of carbonyl (C=O) groups excluding carboxylic acids is 1. The van der Waals surface area contributed by atoms with Gasteiger partial charge in [-0.2, -0.15) is 0 Å². The van der Waals surface area contributed by atoms with E-state index in [1.165, 1.54) is 25.7 Å². The number of nitrogens with one attached hydrogen (secondary N) is 1. The number of aromatic nitrogens is 2. The molecule has 0 bridgehead atoms. The highest BCUT2D eigenvalue weighted by Crippen LogP contribution is 2.34. The topological polar surface area (TPSA) is 50.2 Å². The van der Waals surface area contributed by atoms with Gasteiger partial charge in [-0.25, -0.2) is 9.99 Å². The molecule has 1 amide bonds. The minimum atomic E-state index is -0.125. The molecule has 2 fully saturated rings. The number of hydrogen-bond donors (Lipinski definition) is 1. The molecule has 5 nitrogen and oxygen atoms in total. The third kappa shape index (κ3) is 4.19. The summed E-state index contributed by atoms with van der Waals surface area (Å²) in [6.07, 6.45) is 11.4. The smallest absolute Gasteiger partial charge is 0.285 e. The molecule has 2 aromatic rings. The summed E-state index contributed by atoms with van der Waals surface area (Å²) in [5.41, 5.74) is 4.39. The van der Waals surface area contributed by atoms with E-state index in [0.717, 1.165) is 50.2 Å². The number of amides is 1. The number of rotatable bonds is 4. The molecular formula is C21H27ClN4O. The van der Waals surface area contributed by atoms with Gasteiger partial charge in [0.1, 0.15) is 11.5 Å². The summed E-state index contributed by atoms with van der Waals surface area (Å²) in [5.74, 6) is 0.677. The second-order valence-electron chi connectivity index (χ2n) is 7.62. The molecule has 1 aromatic carbocycles. The van der Waals surface area contributed by atoms with Crippen LogP contribution in [0.15, 0.2) is 30.5 Å². The van der Waals surface area contributed by atoms with E-state index in [1.54, 1.807) is 0 Å². The van der Waals surface area contributed by atoms with Crippen molar-refractivity contribution in [2.45, 2.75) is 57.4 Å². The van der Waals surface area contributed by atoms with E-state index >= 15 is 0 Å². The normalized spacial score (nSPS) is 19.1. The fourth-order valence-corrected chi connectivity index (χ4v) is 4.41. The molecule has 2 heterocycles. The van der Waals surface area contributed by atoms with Crippen LogP contribution in [-0.4, -0.2) is 33.6 Å². The SMILES string of the molecule is O=C(NN1CCCCC1)c1cn(C2CCCCC2)c(-c2ccccc2Cl)n1. The zero-order valence-electron chi connectivity index (χ0n) is 15.7. The molecule has 6 heteroatoms. The summed E-state index contributed by atoms with van der Waals surface area (Å²) < 4.78 is 2.19. The summed E-state index contributed by atoms with van der Waals surface area (Å²) in [5, 5.41) is 2.68.